The molecule has 0 saturated heterocycles. The number of aromatic nitrogens is 3. The zero-order chi connectivity index (χ0) is 17.3. The lowest BCUT2D eigenvalue weighted by Crippen LogP contribution is -2.16. The molecule has 4 aromatic rings. The number of hydrogen-bond acceptors (Lipinski definition) is 5. The number of ether oxygens (including phenoxy) is 2. The average Bonchev–Trinajstić information content (AvgIpc) is 2.73. The Morgan fingerprint density at radius 3 is 2.54 bits per heavy atom. The van der Waals surface area contributed by atoms with Crippen molar-refractivity contribution in [2.45, 2.75) is 0 Å². The normalized spacial score (nSPS) is 12.9. The van der Waals surface area contributed by atoms with Crippen LogP contribution < -0.4 is 9.47 Å². The van der Waals surface area contributed by atoms with Crippen LogP contribution in [0, 0.1) is 0 Å². The molecule has 126 valence electrons. The van der Waals surface area contributed by atoms with Gasteiger partial charge in [0.25, 0.3) is 5.88 Å². The first-order valence-electron chi connectivity index (χ1n) is 8.44. The minimum Gasteiger partial charge on any atom is -0.484 e. The van der Waals surface area contributed by atoms with Crippen LogP contribution in [0.15, 0.2) is 67.3 Å². The van der Waals surface area contributed by atoms with Crippen molar-refractivity contribution in [1.29, 1.82) is 0 Å². The Bertz CT molecular complexity index is 1100. The van der Waals surface area contributed by atoms with E-state index in [0.717, 1.165) is 33.2 Å². The maximum atomic E-state index is 5.66. The molecule has 4 heterocycles. The molecule has 0 amide bonds. The van der Waals surface area contributed by atoms with E-state index in [9.17, 15) is 0 Å². The molecular weight excluding hydrogens is 326 g/mol. The van der Waals surface area contributed by atoms with Gasteiger partial charge in [-0.1, -0.05) is 6.07 Å². The summed E-state index contributed by atoms with van der Waals surface area (Å²) < 4.78 is 11.2. The van der Waals surface area contributed by atoms with Crippen LogP contribution in [0.25, 0.3) is 33.2 Å². The highest BCUT2D eigenvalue weighted by molar-refractivity contribution is 5.96. The van der Waals surface area contributed by atoms with Gasteiger partial charge in [-0.25, -0.2) is 4.98 Å². The molecule has 1 aromatic carbocycles. The van der Waals surface area contributed by atoms with Crippen LogP contribution in [0.1, 0.15) is 0 Å². The predicted octanol–water partition coefficient (Wildman–Crippen LogP) is 4.13. The third-order valence-electron chi connectivity index (χ3n) is 4.46. The molecule has 26 heavy (non-hydrogen) atoms. The van der Waals surface area contributed by atoms with Crippen LogP contribution in [-0.2, 0) is 0 Å². The van der Waals surface area contributed by atoms with Gasteiger partial charge >= 0.3 is 0 Å². The Morgan fingerprint density at radius 1 is 0.731 bits per heavy atom. The van der Waals surface area contributed by atoms with Crippen LogP contribution in [0.5, 0.6) is 11.6 Å². The number of fused-ring (bicyclic) bond motifs is 2. The van der Waals surface area contributed by atoms with E-state index in [-0.39, 0.29) is 0 Å². The maximum absolute atomic E-state index is 5.66. The molecule has 0 spiro atoms. The van der Waals surface area contributed by atoms with Crippen molar-refractivity contribution in [2.24, 2.45) is 0 Å². The Morgan fingerprint density at radius 2 is 1.62 bits per heavy atom. The first kappa shape index (κ1) is 14.8. The largest absolute Gasteiger partial charge is 0.484 e. The quantitative estimate of drug-likeness (QED) is 0.549. The van der Waals surface area contributed by atoms with Gasteiger partial charge in [-0.15, -0.1) is 0 Å². The fraction of sp³-hybridized carbons (Fsp3) is 0.0952. The summed E-state index contributed by atoms with van der Waals surface area (Å²) in [6.07, 6.45) is 7.26. The van der Waals surface area contributed by atoms with Gasteiger partial charge in [0.2, 0.25) is 0 Å². The van der Waals surface area contributed by atoms with Crippen LogP contribution >= 0.6 is 0 Å². The second-order valence-corrected chi connectivity index (χ2v) is 6.05. The number of pyridine rings is 3. The van der Waals surface area contributed by atoms with Gasteiger partial charge < -0.3 is 9.47 Å². The van der Waals surface area contributed by atoms with Gasteiger partial charge in [-0.2, -0.15) is 0 Å². The topological polar surface area (TPSA) is 57.1 Å². The molecule has 0 fully saturated rings. The third-order valence-corrected chi connectivity index (χ3v) is 4.46. The zero-order valence-electron chi connectivity index (χ0n) is 13.9. The lowest BCUT2D eigenvalue weighted by molar-refractivity contribution is 0.164. The summed E-state index contributed by atoms with van der Waals surface area (Å²) in [6, 6.07) is 14.3. The summed E-state index contributed by atoms with van der Waals surface area (Å²) in [6.45, 7) is 1.09. The molecule has 1 aliphatic rings. The molecule has 0 unspecified atom stereocenters. The van der Waals surface area contributed by atoms with E-state index in [0.29, 0.717) is 24.8 Å². The molecule has 0 N–H and O–H groups in total. The number of rotatable bonds is 2. The van der Waals surface area contributed by atoms with Gasteiger partial charge in [0, 0.05) is 35.7 Å². The molecule has 0 aliphatic carbocycles. The van der Waals surface area contributed by atoms with Gasteiger partial charge in [0.15, 0.2) is 5.75 Å². The molecule has 5 nitrogen and oxygen atoms in total. The summed E-state index contributed by atoms with van der Waals surface area (Å²) in [5.74, 6) is 1.24. The molecule has 1 aliphatic heterocycles. The van der Waals surface area contributed by atoms with Crippen molar-refractivity contribution < 1.29 is 9.47 Å². The molecule has 0 atom stereocenters. The summed E-state index contributed by atoms with van der Waals surface area (Å²) in [4.78, 5) is 13.0. The van der Waals surface area contributed by atoms with Crippen molar-refractivity contribution in [3.63, 3.8) is 0 Å². The van der Waals surface area contributed by atoms with Gasteiger partial charge in [-0.3, -0.25) is 9.97 Å². The SMILES string of the molecule is c1cc(-c2ccnc3ccc(-c4cnc5c(c4)OCCO5)cc23)ccn1. The van der Waals surface area contributed by atoms with Crippen LogP contribution in [-0.4, -0.2) is 28.2 Å². The highest BCUT2D eigenvalue weighted by Crippen LogP contribution is 2.34. The number of benzene rings is 1. The predicted molar refractivity (Wildman–Crippen MR) is 99.2 cm³/mol. The number of nitrogens with zero attached hydrogens (tertiary/aromatic N) is 3. The summed E-state index contributed by atoms with van der Waals surface area (Å²) >= 11 is 0. The highest BCUT2D eigenvalue weighted by atomic mass is 16.6. The number of hydrogen-bond donors (Lipinski definition) is 0. The van der Waals surface area contributed by atoms with Crippen LogP contribution in [0.4, 0.5) is 0 Å². The van der Waals surface area contributed by atoms with E-state index < -0.39 is 0 Å². The minimum absolute atomic E-state index is 0.538. The molecule has 5 rings (SSSR count). The Kier molecular flexibility index (Phi) is 3.49. The van der Waals surface area contributed by atoms with Crippen LogP contribution in [0.2, 0.25) is 0 Å². The summed E-state index contributed by atoms with van der Waals surface area (Å²) in [5.41, 5.74) is 5.24. The van der Waals surface area contributed by atoms with E-state index in [1.165, 1.54) is 0 Å². The summed E-state index contributed by atoms with van der Waals surface area (Å²) in [5, 5.41) is 1.09. The second-order valence-electron chi connectivity index (χ2n) is 6.05. The highest BCUT2D eigenvalue weighted by Gasteiger charge is 2.14. The van der Waals surface area contributed by atoms with Crippen molar-refractivity contribution in [3.05, 3.63) is 67.3 Å². The van der Waals surface area contributed by atoms with Crippen LogP contribution in [0.3, 0.4) is 0 Å². The minimum atomic E-state index is 0.538. The van der Waals surface area contributed by atoms with Crippen molar-refractivity contribution in [2.75, 3.05) is 13.2 Å². The molecule has 0 saturated carbocycles. The van der Waals surface area contributed by atoms with Crippen molar-refractivity contribution in [1.82, 2.24) is 15.0 Å². The smallest absolute Gasteiger partial charge is 0.257 e. The third kappa shape index (κ3) is 2.54. The molecule has 3 aromatic heterocycles. The second kappa shape index (κ2) is 6.11. The lowest BCUT2D eigenvalue weighted by Gasteiger charge is -2.17. The van der Waals surface area contributed by atoms with E-state index in [2.05, 4.69) is 27.1 Å². The average molecular weight is 341 g/mol. The molecule has 0 bridgehead atoms. The van der Waals surface area contributed by atoms with Gasteiger partial charge in [-0.05, 0) is 53.1 Å². The van der Waals surface area contributed by atoms with Gasteiger partial charge in [0.05, 0.1) is 5.52 Å². The van der Waals surface area contributed by atoms with Gasteiger partial charge in [0.1, 0.15) is 13.2 Å². The van der Waals surface area contributed by atoms with Crippen molar-refractivity contribution >= 4 is 10.9 Å². The molecular formula is C21H15N3O2. The Balaban J connectivity index is 1.66. The van der Waals surface area contributed by atoms with E-state index >= 15 is 0 Å². The maximum Gasteiger partial charge on any atom is 0.257 e. The fourth-order valence-electron chi connectivity index (χ4n) is 3.20. The summed E-state index contributed by atoms with van der Waals surface area (Å²) in [7, 11) is 0. The standard InChI is InChI=1S/C21H15N3O2/c1-2-19-18(17(5-8-23-19)14-3-6-22-7-4-14)11-15(1)16-12-20-21(24-13-16)26-10-9-25-20/h1-8,11-13H,9-10H2. The lowest BCUT2D eigenvalue weighted by atomic mass is 9.98. The first-order chi connectivity index (χ1) is 12.9. The van der Waals surface area contributed by atoms with E-state index in [4.69, 9.17) is 9.47 Å². The first-order valence-corrected chi connectivity index (χ1v) is 8.44. The Labute approximate surface area is 150 Å². The fourth-order valence-corrected chi connectivity index (χ4v) is 3.20. The zero-order valence-corrected chi connectivity index (χ0v) is 13.9. The molecule has 5 heteroatoms. The van der Waals surface area contributed by atoms with E-state index in [1.54, 1.807) is 12.4 Å². The molecule has 0 radical (unpaired) electrons. The van der Waals surface area contributed by atoms with Crippen molar-refractivity contribution in [3.8, 4) is 33.9 Å². The van der Waals surface area contributed by atoms with E-state index in [1.807, 2.05) is 42.7 Å². The Hall–Kier alpha value is -3.47. The monoisotopic (exact) mass is 341 g/mol.